The number of amides is 1. The fourth-order valence-electron chi connectivity index (χ4n) is 1.98. The Hall–Kier alpha value is -2.17. The van der Waals surface area contributed by atoms with Gasteiger partial charge in [-0.25, -0.2) is 4.79 Å². The zero-order valence-electron chi connectivity index (χ0n) is 10.2. The molecule has 2 N–H and O–H groups in total. The van der Waals surface area contributed by atoms with E-state index in [4.69, 9.17) is 10.1 Å². The van der Waals surface area contributed by atoms with Gasteiger partial charge >= 0.3 is 5.97 Å². The van der Waals surface area contributed by atoms with E-state index in [2.05, 4.69) is 5.32 Å². The van der Waals surface area contributed by atoms with Crippen LogP contribution in [0, 0.1) is 12.3 Å². The Kier molecular flexibility index (Phi) is 3.14. The van der Waals surface area contributed by atoms with Gasteiger partial charge in [0.1, 0.15) is 12.3 Å². The molecule has 1 fully saturated rings. The van der Waals surface area contributed by atoms with Gasteiger partial charge in [-0.05, 0) is 18.6 Å². The summed E-state index contributed by atoms with van der Waals surface area (Å²) in [5.74, 6) is -1.17. The van der Waals surface area contributed by atoms with Crippen LogP contribution >= 0.6 is 0 Å². The van der Waals surface area contributed by atoms with Crippen molar-refractivity contribution in [2.24, 2.45) is 0 Å². The topological polar surface area (TPSA) is 79.2 Å². The summed E-state index contributed by atoms with van der Waals surface area (Å²) in [7, 11) is 0. The van der Waals surface area contributed by atoms with Crippen LogP contribution in [0.3, 0.4) is 0 Å². The summed E-state index contributed by atoms with van der Waals surface area (Å²) in [6.07, 6.45) is 0. The third-order valence-electron chi connectivity index (χ3n) is 2.84. The van der Waals surface area contributed by atoms with Crippen molar-refractivity contribution >= 4 is 23.3 Å². The zero-order valence-corrected chi connectivity index (χ0v) is 10.2. The molecule has 1 saturated heterocycles. The summed E-state index contributed by atoms with van der Waals surface area (Å²) in [5, 5.41) is 10.4. The standard InChI is InChI=1S/C13H14N2O3/c1-7-3-4-11(15-8(2)16)9(5-7)10-6-18-13(17)12(10)14/h3-5,10,14H,6H2,1-2H3,(H,15,16). The van der Waals surface area contributed by atoms with E-state index in [1.807, 2.05) is 19.1 Å². The van der Waals surface area contributed by atoms with E-state index in [0.29, 0.717) is 5.69 Å². The molecule has 1 aromatic carbocycles. The zero-order chi connectivity index (χ0) is 13.3. The van der Waals surface area contributed by atoms with Crippen LogP contribution in [0.25, 0.3) is 0 Å². The maximum Gasteiger partial charge on any atom is 0.352 e. The number of esters is 1. The van der Waals surface area contributed by atoms with Crippen molar-refractivity contribution in [3.8, 4) is 0 Å². The van der Waals surface area contributed by atoms with Gasteiger partial charge in [0, 0.05) is 12.6 Å². The Balaban J connectivity index is 2.42. The lowest BCUT2D eigenvalue weighted by Gasteiger charge is -2.14. The van der Waals surface area contributed by atoms with Crippen molar-refractivity contribution in [2.45, 2.75) is 19.8 Å². The first kappa shape index (κ1) is 12.3. The van der Waals surface area contributed by atoms with Crippen LogP contribution in [0.4, 0.5) is 5.69 Å². The van der Waals surface area contributed by atoms with Crippen molar-refractivity contribution in [2.75, 3.05) is 11.9 Å². The van der Waals surface area contributed by atoms with E-state index in [1.54, 1.807) is 6.07 Å². The number of anilines is 1. The highest BCUT2D eigenvalue weighted by atomic mass is 16.5. The predicted octanol–water partition coefficient (Wildman–Crippen LogP) is 1.61. The first-order valence-corrected chi connectivity index (χ1v) is 5.62. The smallest absolute Gasteiger partial charge is 0.352 e. The third-order valence-corrected chi connectivity index (χ3v) is 2.84. The normalized spacial score (nSPS) is 18.7. The van der Waals surface area contributed by atoms with E-state index >= 15 is 0 Å². The minimum absolute atomic E-state index is 0.0628. The molecule has 5 nitrogen and oxygen atoms in total. The lowest BCUT2D eigenvalue weighted by Crippen LogP contribution is -2.16. The molecule has 0 bridgehead atoms. The second-order valence-electron chi connectivity index (χ2n) is 4.34. The van der Waals surface area contributed by atoms with Crippen LogP contribution < -0.4 is 5.32 Å². The second-order valence-corrected chi connectivity index (χ2v) is 4.34. The predicted molar refractivity (Wildman–Crippen MR) is 66.9 cm³/mol. The number of carbonyl (C=O) groups excluding carboxylic acids is 2. The van der Waals surface area contributed by atoms with E-state index in [-0.39, 0.29) is 18.2 Å². The van der Waals surface area contributed by atoms with Gasteiger partial charge in [0.2, 0.25) is 5.91 Å². The van der Waals surface area contributed by atoms with Crippen LogP contribution in [0.15, 0.2) is 18.2 Å². The number of hydrogen-bond acceptors (Lipinski definition) is 4. The summed E-state index contributed by atoms with van der Waals surface area (Å²) < 4.78 is 4.86. The quantitative estimate of drug-likeness (QED) is 0.778. The highest BCUT2D eigenvalue weighted by Crippen LogP contribution is 2.30. The Morgan fingerprint density at radius 3 is 2.78 bits per heavy atom. The van der Waals surface area contributed by atoms with Gasteiger partial charge in [-0.2, -0.15) is 0 Å². The summed E-state index contributed by atoms with van der Waals surface area (Å²) in [6.45, 7) is 3.50. The van der Waals surface area contributed by atoms with Gasteiger partial charge in [-0.3, -0.25) is 10.2 Å². The van der Waals surface area contributed by atoms with E-state index in [9.17, 15) is 9.59 Å². The number of cyclic esters (lactones) is 1. The molecule has 1 aromatic rings. The summed E-state index contributed by atoms with van der Waals surface area (Å²) >= 11 is 0. The fraction of sp³-hybridized carbons (Fsp3) is 0.308. The highest BCUT2D eigenvalue weighted by Gasteiger charge is 2.33. The first-order valence-electron chi connectivity index (χ1n) is 5.62. The molecule has 0 aliphatic carbocycles. The number of hydrogen-bond donors (Lipinski definition) is 2. The van der Waals surface area contributed by atoms with Crippen molar-refractivity contribution in [1.29, 1.82) is 5.41 Å². The molecule has 1 amide bonds. The molecule has 5 heteroatoms. The van der Waals surface area contributed by atoms with Crippen LogP contribution in [0.1, 0.15) is 24.0 Å². The van der Waals surface area contributed by atoms with Crippen LogP contribution in [0.2, 0.25) is 0 Å². The van der Waals surface area contributed by atoms with Crippen molar-refractivity contribution < 1.29 is 14.3 Å². The average Bonchev–Trinajstić information content (AvgIpc) is 2.62. The monoisotopic (exact) mass is 246 g/mol. The molecule has 94 valence electrons. The second kappa shape index (κ2) is 4.60. The molecule has 1 heterocycles. The third kappa shape index (κ3) is 2.25. The van der Waals surface area contributed by atoms with Crippen molar-refractivity contribution in [3.63, 3.8) is 0 Å². The number of benzene rings is 1. The Labute approximate surface area is 105 Å². The number of nitrogens with one attached hydrogen (secondary N) is 2. The minimum atomic E-state index is -0.588. The molecule has 2 rings (SSSR count). The molecule has 0 radical (unpaired) electrons. The SMILES string of the molecule is CC(=O)Nc1ccc(C)cc1C1COC(=O)C1=N. The molecule has 1 atom stereocenters. The number of ether oxygens (including phenoxy) is 1. The van der Waals surface area contributed by atoms with E-state index in [0.717, 1.165) is 11.1 Å². The molecule has 1 aliphatic heterocycles. The van der Waals surface area contributed by atoms with Crippen LogP contribution in [0.5, 0.6) is 0 Å². The molecule has 0 aromatic heterocycles. The molecule has 0 spiro atoms. The molecular formula is C13H14N2O3. The van der Waals surface area contributed by atoms with E-state index in [1.165, 1.54) is 6.92 Å². The van der Waals surface area contributed by atoms with Gasteiger partial charge < -0.3 is 10.1 Å². The lowest BCUT2D eigenvalue weighted by atomic mass is 9.93. The maximum absolute atomic E-state index is 11.2. The summed E-state index contributed by atoms with van der Waals surface area (Å²) in [5.41, 5.74) is 2.32. The first-order chi connectivity index (χ1) is 8.49. The lowest BCUT2D eigenvalue weighted by molar-refractivity contribution is -0.132. The molecule has 1 aliphatic rings. The van der Waals surface area contributed by atoms with Gasteiger partial charge in [-0.1, -0.05) is 17.7 Å². The highest BCUT2D eigenvalue weighted by molar-refractivity contribution is 6.39. The van der Waals surface area contributed by atoms with Gasteiger partial charge in [0.15, 0.2) is 0 Å². The summed E-state index contributed by atoms with van der Waals surface area (Å²) in [6, 6.07) is 5.52. The number of carbonyl (C=O) groups is 2. The molecule has 18 heavy (non-hydrogen) atoms. The van der Waals surface area contributed by atoms with Crippen molar-refractivity contribution in [1.82, 2.24) is 0 Å². The largest absolute Gasteiger partial charge is 0.460 e. The number of aryl methyl sites for hydroxylation is 1. The van der Waals surface area contributed by atoms with Gasteiger partial charge in [-0.15, -0.1) is 0 Å². The van der Waals surface area contributed by atoms with Crippen molar-refractivity contribution in [3.05, 3.63) is 29.3 Å². The van der Waals surface area contributed by atoms with E-state index < -0.39 is 11.9 Å². The summed E-state index contributed by atoms with van der Waals surface area (Å²) in [4.78, 5) is 22.4. The number of rotatable bonds is 2. The van der Waals surface area contributed by atoms with Gasteiger partial charge in [0.05, 0.1) is 5.92 Å². The Morgan fingerprint density at radius 1 is 1.50 bits per heavy atom. The maximum atomic E-state index is 11.2. The van der Waals surface area contributed by atoms with Crippen LogP contribution in [-0.2, 0) is 14.3 Å². The average molecular weight is 246 g/mol. The van der Waals surface area contributed by atoms with Crippen LogP contribution in [-0.4, -0.2) is 24.2 Å². The Bertz CT molecular complexity index is 537. The fourth-order valence-corrected chi connectivity index (χ4v) is 1.98. The van der Waals surface area contributed by atoms with Gasteiger partial charge in [0.25, 0.3) is 0 Å². The molecule has 1 unspecified atom stereocenters. The Morgan fingerprint density at radius 2 is 2.22 bits per heavy atom. The minimum Gasteiger partial charge on any atom is -0.460 e. The molecule has 0 saturated carbocycles. The molecular weight excluding hydrogens is 232 g/mol.